The molecule has 0 spiro atoms. The highest BCUT2D eigenvalue weighted by molar-refractivity contribution is 4.55. The highest BCUT2D eigenvalue weighted by atomic mass is 35.5. The summed E-state index contributed by atoms with van der Waals surface area (Å²) < 4.78 is 7.02. The van der Waals surface area contributed by atoms with Crippen molar-refractivity contribution in [3.05, 3.63) is 0 Å². The molecule has 0 aliphatic rings. The minimum absolute atomic E-state index is 0. The number of quaternary nitrogens is 1. The monoisotopic (exact) mass is 419 g/mol. The first kappa shape index (κ1) is 30.4. The van der Waals surface area contributed by atoms with Gasteiger partial charge in [-0.05, 0) is 31.1 Å². The van der Waals surface area contributed by atoms with Gasteiger partial charge < -0.3 is 21.6 Å². The Morgan fingerprint density at radius 3 is 1.75 bits per heavy atom. The van der Waals surface area contributed by atoms with Crippen LogP contribution in [-0.4, -0.2) is 38.5 Å². The predicted octanol–water partition coefficient (Wildman–Crippen LogP) is 4.81. The van der Waals surface area contributed by atoms with Gasteiger partial charge in [-0.1, -0.05) is 98.3 Å². The quantitative estimate of drug-likeness (QED) is 0.156. The number of nitrogens with zero attached hydrogens (tertiary/aromatic N) is 1. The van der Waals surface area contributed by atoms with E-state index in [-0.39, 0.29) is 12.4 Å². The molecule has 0 aromatic carbocycles. The van der Waals surface area contributed by atoms with Crippen LogP contribution in [0.2, 0.25) is 0 Å². The van der Waals surface area contributed by atoms with Crippen LogP contribution in [-0.2, 0) is 4.74 Å². The van der Waals surface area contributed by atoms with E-state index in [2.05, 4.69) is 41.8 Å². The zero-order chi connectivity index (χ0) is 20.4. The van der Waals surface area contributed by atoms with Crippen LogP contribution in [0, 0.1) is 11.8 Å². The molecule has 1 unspecified atom stereocenters. The molecule has 0 saturated heterocycles. The number of hydrogen-bond donors (Lipinski definition) is 0. The summed E-state index contributed by atoms with van der Waals surface area (Å²) >= 11 is 0. The van der Waals surface area contributed by atoms with Crippen LogP contribution in [0.1, 0.15) is 118 Å². The van der Waals surface area contributed by atoms with Crippen LogP contribution in [0.5, 0.6) is 0 Å². The normalized spacial score (nSPS) is 13.0. The first-order valence-electron chi connectivity index (χ1n) is 12.3. The SMILES string of the molecule is CCCCCCCCCCCC[N+](C)(C)COCCC(C)CCCC(C)C.[Cl-]. The Kier molecular flexibility index (Phi) is 22.2. The van der Waals surface area contributed by atoms with Crippen molar-refractivity contribution in [3.8, 4) is 0 Å². The van der Waals surface area contributed by atoms with E-state index in [1.807, 2.05) is 0 Å². The molecule has 0 aromatic rings. The summed E-state index contributed by atoms with van der Waals surface area (Å²) in [5, 5.41) is 0. The molecule has 1 atom stereocenters. The Morgan fingerprint density at radius 1 is 0.679 bits per heavy atom. The second-order valence-corrected chi connectivity index (χ2v) is 10.1. The molecule has 0 amide bonds. The number of rotatable bonds is 20. The van der Waals surface area contributed by atoms with Crippen molar-refractivity contribution in [2.24, 2.45) is 11.8 Å². The van der Waals surface area contributed by atoms with Crippen LogP contribution in [0.4, 0.5) is 0 Å². The molecule has 2 nitrogen and oxygen atoms in total. The summed E-state index contributed by atoms with van der Waals surface area (Å²) in [4.78, 5) is 0. The molecule has 0 radical (unpaired) electrons. The molecule has 3 heteroatoms. The van der Waals surface area contributed by atoms with E-state index in [4.69, 9.17) is 4.74 Å². The van der Waals surface area contributed by atoms with E-state index in [1.54, 1.807) is 0 Å². The van der Waals surface area contributed by atoms with E-state index in [9.17, 15) is 0 Å². The maximum Gasteiger partial charge on any atom is 0.182 e. The van der Waals surface area contributed by atoms with Crippen molar-refractivity contribution in [3.63, 3.8) is 0 Å². The van der Waals surface area contributed by atoms with Gasteiger partial charge in [0.1, 0.15) is 0 Å². The van der Waals surface area contributed by atoms with Crippen LogP contribution >= 0.6 is 0 Å². The van der Waals surface area contributed by atoms with Crippen molar-refractivity contribution in [1.82, 2.24) is 0 Å². The lowest BCUT2D eigenvalue weighted by Gasteiger charge is -2.29. The molecular formula is C25H54ClNO. The van der Waals surface area contributed by atoms with Gasteiger partial charge in [0.05, 0.1) is 27.2 Å². The standard InChI is InChI=1S/C25H54NO.ClH/c1-7-8-9-10-11-12-13-14-15-16-21-26(5,6)23-27-22-20-25(4)19-17-18-24(2)3;/h24-25H,7-23H2,1-6H3;1H/q+1;/p-1. The molecule has 0 bridgehead atoms. The highest BCUT2D eigenvalue weighted by Crippen LogP contribution is 2.16. The fourth-order valence-corrected chi connectivity index (χ4v) is 3.71. The summed E-state index contributed by atoms with van der Waals surface area (Å²) in [6, 6.07) is 0. The van der Waals surface area contributed by atoms with Crippen LogP contribution in [0.3, 0.4) is 0 Å². The molecule has 0 aromatic heterocycles. The number of halogens is 1. The van der Waals surface area contributed by atoms with Crippen molar-refractivity contribution in [1.29, 1.82) is 0 Å². The minimum atomic E-state index is 0. The third-order valence-corrected chi connectivity index (χ3v) is 5.79. The first-order chi connectivity index (χ1) is 12.9. The number of ether oxygens (including phenoxy) is 1. The van der Waals surface area contributed by atoms with E-state index in [0.29, 0.717) is 0 Å². The predicted molar refractivity (Wildman–Crippen MR) is 122 cm³/mol. The van der Waals surface area contributed by atoms with E-state index in [1.165, 1.54) is 96.4 Å². The van der Waals surface area contributed by atoms with Gasteiger partial charge in [0, 0.05) is 0 Å². The Morgan fingerprint density at radius 2 is 1.21 bits per heavy atom. The van der Waals surface area contributed by atoms with Crippen LogP contribution < -0.4 is 12.4 Å². The minimum Gasteiger partial charge on any atom is -1.00 e. The highest BCUT2D eigenvalue weighted by Gasteiger charge is 2.14. The second kappa shape index (κ2) is 20.5. The summed E-state index contributed by atoms with van der Waals surface area (Å²) in [6.07, 6.45) is 19.5. The lowest BCUT2D eigenvalue weighted by molar-refractivity contribution is -0.910. The molecule has 0 aliphatic heterocycles. The Hall–Kier alpha value is 0.210. The van der Waals surface area contributed by atoms with Gasteiger partial charge in [-0.25, -0.2) is 0 Å². The third kappa shape index (κ3) is 22.5. The average molecular weight is 420 g/mol. The first-order valence-corrected chi connectivity index (χ1v) is 12.3. The third-order valence-electron chi connectivity index (χ3n) is 5.79. The topological polar surface area (TPSA) is 9.23 Å². The van der Waals surface area contributed by atoms with Gasteiger partial charge >= 0.3 is 0 Å². The van der Waals surface area contributed by atoms with Gasteiger partial charge in [0.2, 0.25) is 0 Å². The van der Waals surface area contributed by atoms with E-state index in [0.717, 1.165) is 29.7 Å². The van der Waals surface area contributed by atoms with Gasteiger partial charge in [-0.15, -0.1) is 0 Å². The molecule has 172 valence electrons. The van der Waals surface area contributed by atoms with Crippen molar-refractivity contribution in [2.75, 3.05) is 34.0 Å². The van der Waals surface area contributed by atoms with Crippen molar-refractivity contribution < 1.29 is 21.6 Å². The fourth-order valence-electron chi connectivity index (χ4n) is 3.71. The summed E-state index contributed by atoms with van der Waals surface area (Å²) in [5.41, 5.74) is 0. The second-order valence-electron chi connectivity index (χ2n) is 10.1. The van der Waals surface area contributed by atoms with Gasteiger partial charge in [0.25, 0.3) is 0 Å². The molecule has 0 aliphatic carbocycles. The van der Waals surface area contributed by atoms with Crippen LogP contribution in [0.25, 0.3) is 0 Å². The Balaban J connectivity index is 0. The van der Waals surface area contributed by atoms with E-state index < -0.39 is 0 Å². The van der Waals surface area contributed by atoms with Crippen molar-refractivity contribution >= 4 is 0 Å². The maximum atomic E-state index is 6.01. The maximum absolute atomic E-state index is 6.01. The molecule has 0 fully saturated rings. The summed E-state index contributed by atoms with van der Waals surface area (Å²) in [7, 11) is 4.64. The van der Waals surface area contributed by atoms with Gasteiger partial charge in [-0.3, -0.25) is 0 Å². The zero-order valence-corrected chi connectivity index (χ0v) is 21.2. The Labute approximate surface area is 185 Å². The smallest absolute Gasteiger partial charge is 0.182 e. The number of unbranched alkanes of at least 4 members (excludes halogenated alkanes) is 9. The molecular weight excluding hydrogens is 366 g/mol. The molecule has 28 heavy (non-hydrogen) atoms. The average Bonchev–Trinajstić information content (AvgIpc) is 2.60. The zero-order valence-electron chi connectivity index (χ0n) is 20.4. The molecule has 0 N–H and O–H groups in total. The van der Waals surface area contributed by atoms with Gasteiger partial charge in [0.15, 0.2) is 6.73 Å². The largest absolute Gasteiger partial charge is 1.00 e. The molecule has 0 rings (SSSR count). The summed E-state index contributed by atoms with van der Waals surface area (Å²) in [6.45, 7) is 12.4. The van der Waals surface area contributed by atoms with Crippen LogP contribution in [0.15, 0.2) is 0 Å². The fraction of sp³-hybridized carbons (Fsp3) is 1.00. The molecule has 0 saturated carbocycles. The Bertz CT molecular complexity index is 307. The van der Waals surface area contributed by atoms with E-state index >= 15 is 0 Å². The van der Waals surface area contributed by atoms with Crippen molar-refractivity contribution in [2.45, 2.75) is 118 Å². The van der Waals surface area contributed by atoms with Gasteiger partial charge in [-0.2, -0.15) is 0 Å². The molecule has 0 heterocycles. The lowest BCUT2D eigenvalue weighted by Crippen LogP contribution is -3.00. The number of hydrogen-bond acceptors (Lipinski definition) is 1. The lowest BCUT2D eigenvalue weighted by atomic mass is 9.98. The summed E-state index contributed by atoms with van der Waals surface area (Å²) in [5.74, 6) is 1.65.